The zero-order chi connectivity index (χ0) is 11.2. The zero-order valence-corrected chi connectivity index (χ0v) is 10.9. The summed E-state index contributed by atoms with van der Waals surface area (Å²) in [6.45, 7) is 6.08. The number of nitrogens with zero attached hydrogens (tertiary/aromatic N) is 1. The summed E-state index contributed by atoms with van der Waals surface area (Å²) in [7, 11) is 0. The normalized spacial score (nSPS) is 22.9. The lowest BCUT2D eigenvalue weighted by atomic mass is 9.95. The Morgan fingerprint density at radius 3 is 2.44 bits per heavy atom. The largest absolute Gasteiger partial charge is 0.314 e. The van der Waals surface area contributed by atoms with Crippen LogP contribution in [-0.2, 0) is 0 Å². The second-order valence-electron chi connectivity index (χ2n) is 5.50. The highest BCUT2D eigenvalue weighted by molar-refractivity contribution is 4.83. The maximum absolute atomic E-state index is 3.73. The molecule has 2 saturated carbocycles. The van der Waals surface area contributed by atoms with Crippen molar-refractivity contribution in [3.8, 4) is 0 Å². The van der Waals surface area contributed by atoms with Gasteiger partial charge in [-0.3, -0.25) is 0 Å². The smallest absolute Gasteiger partial charge is 0.00963 e. The van der Waals surface area contributed by atoms with E-state index in [9.17, 15) is 0 Å². The van der Waals surface area contributed by atoms with E-state index in [1.165, 1.54) is 71.0 Å². The summed E-state index contributed by atoms with van der Waals surface area (Å²) in [5, 5.41) is 3.73. The van der Waals surface area contributed by atoms with Crippen molar-refractivity contribution >= 4 is 0 Å². The van der Waals surface area contributed by atoms with Crippen molar-refractivity contribution in [2.45, 2.75) is 70.4 Å². The van der Waals surface area contributed by atoms with E-state index in [-0.39, 0.29) is 0 Å². The third kappa shape index (κ3) is 4.06. The average Bonchev–Trinajstić information content (AvgIpc) is 3.15. The van der Waals surface area contributed by atoms with Crippen molar-refractivity contribution in [2.24, 2.45) is 0 Å². The Morgan fingerprint density at radius 1 is 1.06 bits per heavy atom. The molecule has 0 aliphatic heterocycles. The van der Waals surface area contributed by atoms with Gasteiger partial charge in [0.05, 0.1) is 0 Å². The van der Waals surface area contributed by atoms with Crippen LogP contribution >= 0.6 is 0 Å². The van der Waals surface area contributed by atoms with Gasteiger partial charge in [-0.05, 0) is 51.7 Å². The first-order valence-electron chi connectivity index (χ1n) is 7.37. The van der Waals surface area contributed by atoms with Gasteiger partial charge in [-0.1, -0.05) is 26.2 Å². The Balaban J connectivity index is 1.50. The van der Waals surface area contributed by atoms with Gasteiger partial charge in [0.15, 0.2) is 0 Å². The molecule has 0 spiro atoms. The number of hydrogen-bond acceptors (Lipinski definition) is 2. The molecule has 2 rings (SSSR count). The predicted octanol–water partition coefficient (Wildman–Crippen LogP) is 2.78. The van der Waals surface area contributed by atoms with Crippen LogP contribution in [0.3, 0.4) is 0 Å². The van der Waals surface area contributed by atoms with Gasteiger partial charge in [-0.2, -0.15) is 0 Å². The van der Waals surface area contributed by atoms with Gasteiger partial charge < -0.3 is 10.2 Å². The van der Waals surface area contributed by atoms with Crippen LogP contribution in [0.5, 0.6) is 0 Å². The van der Waals surface area contributed by atoms with Crippen LogP contribution in [0, 0.1) is 0 Å². The molecule has 0 saturated heterocycles. The van der Waals surface area contributed by atoms with Crippen LogP contribution in [0.1, 0.15) is 58.3 Å². The highest BCUT2D eigenvalue weighted by Crippen LogP contribution is 2.26. The molecule has 2 aliphatic carbocycles. The van der Waals surface area contributed by atoms with Gasteiger partial charge in [0.1, 0.15) is 0 Å². The molecule has 1 N–H and O–H groups in total. The lowest BCUT2D eigenvalue weighted by Crippen LogP contribution is -2.34. The highest BCUT2D eigenvalue weighted by atomic mass is 15.2. The van der Waals surface area contributed by atoms with Crippen molar-refractivity contribution in [1.29, 1.82) is 0 Å². The molecule has 0 radical (unpaired) electrons. The van der Waals surface area contributed by atoms with Crippen LogP contribution in [0.4, 0.5) is 0 Å². The quantitative estimate of drug-likeness (QED) is 0.669. The summed E-state index contributed by atoms with van der Waals surface area (Å²) in [6.07, 6.45) is 11.4. The van der Waals surface area contributed by atoms with Crippen molar-refractivity contribution in [1.82, 2.24) is 10.2 Å². The van der Waals surface area contributed by atoms with Crippen LogP contribution in [0.25, 0.3) is 0 Å². The van der Waals surface area contributed by atoms with E-state index in [0.29, 0.717) is 0 Å². The Morgan fingerprint density at radius 2 is 1.81 bits per heavy atom. The van der Waals surface area contributed by atoms with Crippen LogP contribution in [0.15, 0.2) is 0 Å². The number of nitrogens with one attached hydrogen (secondary N) is 1. The van der Waals surface area contributed by atoms with Gasteiger partial charge in [-0.25, -0.2) is 0 Å². The van der Waals surface area contributed by atoms with Crippen molar-refractivity contribution < 1.29 is 0 Å². The van der Waals surface area contributed by atoms with Crippen molar-refractivity contribution in [2.75, 3.05) is 19.6 Å². The summed E-state index contributed by atoms with van der Waals surface area (Å²) in [5.74, 6) is 0. The molecule has 0 amide bonds. The third-order valence-electron chi connectivity index (χ3n) is 4.13. The van der Waals surface area contributed by atoms with Gasteiger partial charge in [-0.15, -0.1) is 0 Å². The molecule has 0 aromatic rings. The Bertz CT molecular complexity index is 183. The van der Waals surface area contributed by atoms with E-state index in [1.54, 1.807) is 0 Å². The van der Waals surface area contributed by atoms with E-state index < -0.39 is 0 Å². The average molecular weight is 224 g/mol. The summed E-state index contributed by atoms with van der Waals surface area (Å²) < 4.78 is 0. The van der Waals surface area contributed by atoms with Gasteiger partial charge in [0.2, 0.25) is 0 Å². The molecule has 0 heterocycles. The van der Waals surface area contributed by atoms with Crippen molar-refractivity contribution in [3.63, 3.8) is 0 Å². The minimum atomic E-state index is 0.838. The molecule has 2 nitrogen and oxygen atoms in total. The van der Waals surface area contributed by atoms with Crippen molar-refractivity contribution in [3.05, 3.63) is 0 Å². The molecule has 94 valence electrons. The van der Waals surface area contributed by atoms with Crippen LogP contribution < -0.4 is 5.32 Å². The highest BCUT2D eigenvalue weighted by Gasteiger charge is 2.27. The SMILES string of the molecule is CCN(CCCNC1CCCCC1)C1CC1. The zero-order valence-electron chi connectivity index (χ0n) is 10.9. The third-order valence-corrected chi connectivity index (χ3v) is 4.13. The maximum Gasteiger partial charge on any atom is 0.00963 e. The lowest BCUT2D eigenvalue weighted by molar-refractivity contribution is 0.268. The second kappa shape index (κ2) is 6.61. The fourth-order valence-corrected chi connectivity index (χ4v) is 2.93. The topological polar surface area (TPSA) is 15.3 Å². The van der Waals surface area contributed by atoms with E-state index in [2.05, 4.69) is 17.1 Å². The second-order valence-corrected chi connectivity index (χ2v) is 5.50. The number of hydrogen-bond donors (Lipinski definition) is 1. The Hall–Kier alpha value is -0.0800. The van der Waals surface area contributed by atoms with Gasteiger partial charge in [0, 0.05) is 12.1 Å². The van der Waals surface area contributed by atoms with Gasteiger partial charge in [0.25, 0.3) is 0 Å². The first-order chi connectivity index (χ1) is 7.90. The van der Waals surface area contributed by atoms with Gasteiger partial charge >= 0.3 is 0 Å². The van der Waals surface area contributed by atoms with Crippen LogP contribution in [-0.4, -0.2) is 36.6 Å². The molecule has 2 heteroatoms. The minimum Gasteiger partial charge on any atom is -0.314 e. The van der Waals surface area contributed by atoms with E-state index >= 15 is 0 Å². The summed E-state index contributed by atoms with van der Waals surface area (Å²) in [5.41, 5.74) is 0. The molecule has 2 aliphatic rings. The molecule has 16 heavy (non-hydrogen) atoms. The minimum absolute atomic E-state index is 0.838. The molecule has 0 atom stereocenters. The molecular formula is C14H28N2. The van der Waals surface area contributed by atoms with Crippen LogP contribution in [0.2, 0.25) is 0 Å². The summed E-state index contributed by atoms with van der Waals surface area (Å²) in [4.78, 5) is 2.66. The molecular weight excluding hydrogens is 196 g/mol. The van der Waals surface area contributed by atoms with E-state index in [0.717, 1.165) is 12.1 Å². The molecule has 0 bridgehead atoms. The monoisotopic (exact) mass is 224 g/mol. The summed E-state index contributed by atoms with van der Waals surface area (Å²) >= 11 is 0. The molecule has 0 aromatic carbocycles. The lowest BCUT2D eigenvalue weighted by Gasteiger charge is -2.24. The fraction of sp³-hybridized carbons (Fsp3) is 1.00. The molecule has 2 fully saturated rings. The van der Waals surface area contributed by atoms with E-state index in [1.807, 2.05) is 0 Å². The number of rotatable bonds is 7. The standard InChI is InChI=1S/C14H28N2/c1-2-16(14-9-10-14)12-6-11-15-13-7-4-3-5-8-13/h13-15H,2-12H2,1H3. The summed E-state index contributed by atoms with van der Waals surface area (Å²) in [6, 6.07) is 1.78. The maximum atomic E-state index is 3.73. The van der Waals surface area contributed by atoms with E-state index in [4.69, 9.17) is 0 Å². The first kappa shape index (κ1) is 12.4. The molecule has 0 aromatic heterocycles. The Kier molecular flexibility index (Phi) is 5.11. The Labute approximate surface area is 101 Å². The molecule has 0 unspecified atom stereocenters. The fourth-order valence-electron chi connectivity index (χ4n) is 2.93. The predicted molar refractivity (Wildman–Crippen MR) is 69.8 cm³/mol. The first-order valence-corrected chi connectivity index (χ1v) is 7.37.